The van der Waals surface area contributed by atoms with Gasteiger partial charge in [0.2, 0.25) is 0 Å². The molecule has 0 N–H and O–H groups in total. The van der Waals surface area contributed by atoms with Crippen LogP contribution in [0.3, 0.4) is 0 Å². The summed E-state index contributed by atoms with van der Waals surface area (Å²) in [6.45, 7) is 0. The van der Waals surface area contributed by atoms with Crippen molar-refractivity contribution in [2.75, 3.05) is 0 Å². The predicted molar refractivity (Wildman–Crippen MR) is 90.6 cm³/mol. The Morgan fingerprint density at radius 2 is 1.43 bits per heavy atom. The molecule has 0 amide bonds. The molecule has 0 radical (unpaired) electrons. The Morgan fingerprint density at radius 1 is 0.900 bits per heavy atom. The van der Waals surface area contributed by atoms with Crippen LogP contribution in [-0.2, 0) is 20.2 Å². The molecular formula is C14H10N2Na2O10S2. The third kappa shape index (κ3) is 6.29. The summed E-state index contributed by atoms with van der Waals surface area (Å²) in [6, 6.07) is 4.88. The minimum Gasteiger partial charge on any atom is -0.744 e. The molecule has 0 bridgehead atoms. The monoisotopic (exact) mass is 476 g/mol. The molecule has 0 atom stereocenters. The molecular weight excluding hydrogens is 466 g/mol. The summed E-state index contributed by atoms with van der Waals surface area (Å²) >= 11 is 0. The number of benzene rings is 1. The van der Waals surface area contributed by atoms with Crippen molar-refractivity contribution in [3.8, 4) is 0 Å². The van der Waals surface area contributed by atoms with Gasteiger partial charge in [0.1, 0.15) is 36.5 Å². The average Bonchev–Trinajstić information content (AvgIpc) is 2.58. The number of hydrogen-bond acceptors (Lipinski definition) is 10. The van der Waals surface area contributed by atoms with E-state index < -0.39 is 57.5 Å². The molecule has 0 heterocycles. The summed E-state index contributed by atoms with van der Waals surface area (Å²) in [4.78, 5) is 17.8. The molecule has 0 unspecified atom stereocenters. The Bertz CT molecular complexity index is 1140. The van der Waals surface area contributed by atoms with Crippen LogP contribution in [0.2, 0.25) is 0 Å². The van der Waals surface area contributed by atoms with Gasteiger partial charge in [-0.3, -0.25) is 20.2 Å². The topological polar surface area (TPSA) is 201 Å². The molecule has 0 saturated heterocycles. The average molecular weight is 476 g/mol. The molecule has 1 aromatic carbocycles. The van der Waals surface area contributed by atoms with Crippen molar-refractivity contribution in [2.45, 2.75) is 17.0 Å². The minimum atomic E-state index is -5.32. The van der Waals surface area contributed by atoms with E-state index >= 15 is 0 Å². The summed E-state index contributed by atoms with van der Waals surface area (Å²) in [7, 11) is -10.2. The summed E-state index contributed by atoms with van der Waals surface area (Å²) < 4.78 is 68.2. The standard InChI is InChI=1S/C14H12N2O10S2.2Na/c17-15(18)14(16(19)20)8-7-11(13(9-14)28(24,25)26)6-5-10-3-1-2-4-12(10)27(21,22)23;;/h1-8H,9H2,(H,21,22,23)(H,24,25,26);;/q;2*+1/p-2. The quantitative estimate of drug-likeness (QED) is 0.125. The SMILES string of the molecule is O=[N+]([O-])C1([N+](=O)[O-])C=CC(C=Cc2ccccc2S(=O)(=O)[O-])=C(S(=O)(=O)[O-])C1.[Na+].[Na+]. The van der Waals surface area contributed by atoms with Gasteiger partial charge in [-0.2, -0.15) is 0 Å². The van der Waals surface area contributed by atoms with Gasteiger partial charge in [-0.1, -0.05) is 30.4 Å². The van der Waals surface area contributed by atoms with E-state index in [0.717, 1.165) is 18.2 Å². The van der Waals surface area contributed by atoms with Crippen molar-refractivity contribution < 1.29 is 94.9 Å². The first-order chi connectivity index (χ1) is 12.8. The van der Waals surface area contributed by atoms with Crippen LogP contribution in [0, 0.1) is 20.2 Å². The Morgan fingerprint density at radius 3 is 1.90 bits per heavy atom. The molecule has 0 saturated carbocycles. The van der Waals surface area contributed by atoms with Gasteiger partial charge in [-0.05, 0) is 23.3 Å². The maximum absolute atomic E-state index is 11.5. The second-order valence-electron chi connectivity index (χ2n) is 5.56. The van der Waals surface area contributed by atoms with E-state index in [1.54, 1.807) is 0 Å². The van der Waals surface area contributed by atoms with Gasteiger partial charge in [0, 0.05) is 0 Å². The maximum atomic E-state index is 11.5. The van der Waals surface area contributed by atoms with Crippen molar-refractivity contribution in [3.05, 3.63) is 78.8 Å². The van der Waals surface area contributed by atoms with Crippen LogP contribution in [0.4, 0.5) is 0 Å². The Labute approximate surface area is 215 Å². The van der Waals surface area contributed by atoms with Crippen molar-refractivity contribution in [2.24, 2.45) is 0 Å². The largest absolute Gasteiger partial charge is 1.00 e. The molecule has 16 heteroatoms. The number of allylic oxidation sites excluding steroid dienone is 3. The van der Waals surface area contributed by atoms with Crippen LogP contribution in [-0.4, -0.2) is 41.5 Å². The maximum Gasteiger partial charge on any atom is 1.00 e. The van der Waals surface area contributed by atoms with Gasteiger partial charge >= 0.3 is 64.8 Å². The normalized spacial score (nSPS) is 15.9. The third-order valence-corrected chi connectivity index (χ3v) is 5.73. The van der Waals surface area contributed by atoms with Crippen LogP contribution < -0.4 is 59.1 Å². The summed E-state index contributed by atoms with van der Waals surface area (Å²) in [5.74, 6) is 0. The number of rotatable bonds is 6. The van der Waals surface area contributed by atoms with E-state index in [9.17, 15) is 46.2 Å². The Balaban J connectivity index is 0.00000420. The first-order valence-corrected chi connectivity index (χ1v) is 10.0. The zero-order valence-electron chi connectivity index (χ0n) is 15.6. The first kappa shape index (κ1) is 29.1. The molecule has 150 valence electrons. The van der Waals surface area contributed by atoms with E-state index in [2.05, 4.69) is 0 Å². The predicted octanol–water partition coefficient (Wildman–Crippen LogP) is -5.38. The van der Waals surface area contributed by atoms with Crippen LogP contribution >= 0.6 is 0 Å². The van der Waals surface area contributed by atoms with E-state index in [-0.39, 0.29) is 64.7 Å². The Kier molecular flexibility index (Phi) is 10.3. The van der Waals surface area contributed by atoms with Gasteiger partial charge in [0.25, 0.3) is 0 Å². The number of nitrogens with zero attached hydrogens (tertiary/aromatic N) is 2. The van der Waals surface area contributed by atoms with Crippen LogP contribution in [0.5, 0.6) is 0 Å². The smallest absolute Gasteiger partial charge is 0.744 e. The zero-order chi connectivity index (χ0) is 21.3. The van der Waals surface area contributed by atoms with E-state index in [0.29, 0.717) is 12.2 Å². The summed E-state index contributed by atoms with van der Waals surface area (Å²) in [5, 5.41) is 22.2. The van der Waals surface area contributed by atoms with Gasteiger partial charge in [0.15, 0.2) is 0 Å². The molecule has 30 heavy (non-hydrogen) atoms. The third-order valence-electron chi connectivity index (χ3n) is 3.84. The zero-order valence-corrected chi connectivity index (χ0v) is 21.3. The number of hydrogen-bond donors (Lipinski definition) is 0. The molecule has 0 fully saturated rings. The molecule has 1 aromatic rings. The van der Waals surface area contributed by atoms with Crippen LogP contribution in [0.25, 0.3) is 6.08 Å². The number of nitro groups is 2. The second kappa shape index (κ2) is 10.6. The van der Waals surface area contributed by atoms with Gasteiger partial charge in [-0.15, -0.1) is 0 Å². The molecule has 12 nitrogen and oxygen atoms in total. The Hall–Kier alpha value is -0.940. The minimum absolute atomic E-state index is 0. The van der Waals surface area contributed by atoms with Crippen molar-refractivity contribution in [3.63, 3.8) is 0 Å². The van der Waals surface area contributed by atoms with Crippen molar-refractivity contribution in [1.29, 1.82) is 0 Å². The molecule has 0 aromatic heterocycles. The van der Waals surface area contributed by atoms with Crippen molar-refractivity contribution >= 4 is 26.3 Å². The first-order valence-electron chi connectivity index (χ1n) is 7.19. The fraction of sp³-hybridized carbons (Fsp3) is 0.143. The van der Waals surface area contributed by atoms with Gasteiger partial charge in [0.05, 0.1) is 15.9 Å². The second-order valence-corrected chi connectivity index (χ2v) is 8.31. The van der Waals surface area contributed by atoms with Crippen molar-refractivity contribution in [1.82, 2.24) is 0 Å². The molecule has 0 aliphatic heterocycles. The van der Waals surface area contributed by atoms with Gasteiger partial charge < -0.3 is 9.11 Å². The fourth-order valence-corrected chi connectivity index (χ4v) is 3.92. The summed E-state index contributed by atoms with van der Waals surface area (Å²) in [5.41, 5.74) is -3.57. The van der Waals surface area contributed by atoms with Gasteiger partial charge in [-0.25, -0.2) is 16.8 Å². The molecule has 0 spiro atoms. The van der Waals surface area contributed by atoms with Crippen LogP contribution in [0.15, 0.2) is 57.9 Å². The van der Waals surface area contributed by atoms with E-state index in [4.69, 9.17) is 0 Å². The molecule has 1 aliphatic rings. The molecule has 1 aliphatic carbocycles. The fourth-order valence-electron chi connectivity index (χ4n) is 2.44. The van der Waals surface area contributed by atoms with Crippen LogP contribution in [0.1, 0.15) is 12.0 Å². The summed E-state index contributed by atoms with van der Waals surface area (Å²) in [6.07, 6.45) is 1.84. The molecule has 2 rings (SSSR count). The van der Waals surface area contributed by atoms with E-state index in [1.165, 1.54) is 18.2 Å². The van der Waals surface area contributed by atoms with E-state index in [1.807, 2.05) is 0 Å².